The van der Waals surface area contributed by atoms with Crippen molar-refractivity contribution in [3.8, 4) is 5.75 Å². The van der Waals surface area contributed by atoms with Crippen LogP contribution in [-0.4, -0.2) is 59.2 Å². The number of nitrogens with zero attached hydrogens (tertiary/aromatic N) is 2. The van der Waals surface area contributed by atoms with Crippen LogP contribution in [0, 0.1) is 6.92 Å². The van der Waals surface area contributed by atoms with Crippen LogP contribution in [0.1, 0.15) is 45.7 Å². The van der Waals surface area contributed by atoms with Crippen LogP contribution in [0.15, 0.2) is 53.4 Å². The summed E-state index contributed by atoms with van der Waals surface area (Å²) < 4.78 is 16.4. The summed E-state index contributed by atoms with van der Waals surface area (Å²) in [4.78, 5) is 18.9. The molecule has 1 fully saturated rings. The third-order valence-corrected chi connectivity index (χ3v) is 6.94. The van der Waals surface area contributed by atoms with E-state index in [4.69, 9.17) is 13.9 Å². The maximum atomic E-state index is 12.7. The van der Waals surface area contributed by atoms with Crippen molar-refractivity contribution in [1.82, 2.24) is 9.88 Å². The third-order valence-electron chi connectivity index (χ3n) is 6.94. The van der Waals surface area contributed by atoms with Gasteiger partial charge in [-0.05, 0) is 54.7 Å². The first-order valence-corrected chi connectivity index (χ1v) is 12.5. The van der Waals surface area contributed by atoms with Crippen LogP contribution in [0.2, 0.25) is 0 Å². The molecular formula is C28H33N3O5. The highest BCUT2D eigenvalue weighted by Crippen LogP contribution is 2.30. The molecule has 2 N–H and O–H groups in total. The predicted molar refractivity (Wildman–Crippen MR) is 135 cm³/mol. The van der Waals surface area contributed by atoms with Gasteiger partial charge in [0.15, 0.2) is 17.9 Å². The molecule has 0 saturated carbocycles. The second-order valence-corrected chi connectivity index (χ2v) is 9.64. The molecule has 0 amide bonds. The number of fused-ring (bicyclic) bond motifs is 1. The van der Waals surface area contributed by atoms with Crippen LogP contribution in [0.4, 0.5) is 5.69 Å². The fourth-order valence-electron chi connectivity index (χ4n) is 4.82. The molecule has 2 aliphatic rings. The smallest absolute Gasteiger partial charge is 0.181 e. The fraction of sp³-hybridized carbons (Fsp3) is 0.429. The number of hydrogen-bond donors (Lipinski definition) is 2. The molecule has 0 spiro atoms. The molecule has 2 aliphatic heterocycles. The number of nitrogens with one attached hydrogen (secondary N) is 1. The number of rotatable bonds is 11. The maximum Gasteiger partial charge on any atom is 0.181 e. The average Bonchev–Trinajstić information content (AvgIpc) is 3.38. The molecular weight excluding hydrogens is 458 g/mol. The Bertz CT molecular complexity index is 1180. The highest BCUT2D eigenvalue weighted by molar-refractivity contribution is 5.96. The molecule has 36 heavy (non-hydrogen) atoms. The molecule has 0 radical (unpaired) electrons. The number of oxazole rings is 1. The highest BCUT2D eigenvalue weighted by Gasteiger charge is 2.22. The summed E-state index contributed by atoms with van der Waals surface area (Å²) in [7, 11) is 0. The van der Waals surface area contributed by atoms with Crippen LogP contribution in [-0.2, 0) is 24.3 Å². The number of Topliss-reactive ketones (excluding diaryl/α,β-unsaturated/α-hetero) is 1. The van der Waals surface area contributed by atoms with E-state index >= 15 is 0 Å². The topological polar surface area (TPSA) is 97.1 Å². The summed E-state index contributed by atoms with van der Waals surface area (Å²) in [6.45, 7) is 6.04. The van der Waals surface area contributed by atoms with Gasteiger partial charge in [-0.2, -0.15) is 0 Å². The summed E-state index contributed by atoms with van der Waals surface area (Å²) in [5.74, 6) is 1.61. The number of aromatic nitrogens is 1. The van der Waals surface area contributed by atoms with E-state index < -0.39 is 6.10 Å². The SMILES string of the molecule is Cc1c(OCc2cnco2)ccc2c1CCN(C[C@@H](O)CCC(=O)c1cccc(NC3COC3)c1)C2. The lowest BCUT2D eigenvalue weighted by atomic mass is 9.94. The zero-order chi connectivity index (χ0) is 24.9. The Labute approximate surface area is 211 Å². The van der Waals surface area contributed by atoms with Gasteiger partial charge in [0.25, 0.3) is 0 Å². The average molecular weight is 492 g/mol. The Morgan fingerprint density at radius 1 is 1.31 bits per heavy atom. The van der Waals surface area contributed by atoms with Crippen molar-refractivity contribution in [1.29, 1.82) is 0 Å². The Morgan fingerprint density at radius 2 is 2.19 bits per heavy atom. The van der Waals surface area contributed by atoms with Crippen LogP contribution >= 0.6 is 0 Å². The van der Waals surface area contributed by atoms with E-state index in [-0.39, 0.29) is 5.78 Å². The number of hydrogen-bond acceptors (Lipinski definition) is 8. The van der Waals surface area contributed by atoms with Gasteiger partial charge in [-0.15, -0.1) is 0 Å². The van der Waals surface area contributed by atoms with Crippen LogP contribution in [0.25, 0.3) is 0 Å². The maximum absolute atomic E-state index is 12.7. The minimum Gasteiger partial charge on any atom is -0.485 e. The lowest BCUT2D eigenvalue weighted by Gasteiger charge is -2.31. The minimum absolute atomic E-state index is 0.0556. The van der Waals surface area contributed by atoms with E-state index in [0.29, 0.717) is 56.6 Å². The van der Waals surface area contributed by atoms with E-state index in [1.54, 1.807) is 6.20 Å². The molecule has 1 aromatic heterocycles. The van der Waals surface area contributed by atoms with Gasteiger partial charge in [0.2, 0.25) is 0 Å². The quantitative estimate of drug-likeness (QED) is 0.392. The number of ether oxygens (including phenoxy) is 2. The third kappa shape index (κ3) is 5.95. The molecule has 1 saturated heterocycles. The van der Waals surface area contributed by atoms with Crippen LogP contribution in [0.3, 0.4) is 0 Å². The Hall–Kier alpha value is -3.20. The van der Waals surface area contributed by atoms with E-state index in [1.165, 1.54) is 17.5 Å². The Morgan fingerprint density at radius 3 is 2.97 bits per heavy atom. The zero-order valence-corrected chi connectivity index (χ0v) is 20.6. The Balaban J connectivity index is 1.10. The van der Waals surface area contributed by atoms with E-state index in [9.17, 15) is 9.90 Å². The number of β-amino-alcohol motifs (C(OH)–C–C–N with tert-alkyl or cyclic N) is 1. The second-order valence-electron chi connectivity index (χ2n) is 9.64. The lowest BCUT2D eigenvalue weighted by molar-refractivity contribution is 0.0211. The van der Waals surface area contributed by atoms with Crippen molar-refractivity contribution >= 4 is 11.5 Å². The van der Waals surface area contributed by atoms with Crippen molar-refractivity contribution in [2.45, 2.75) is 51.5 Å². The summed E-state index contributed by atoms with van der Waals surface area (Å²) in [5.41, 5.74) is 5.34. The van der Waals surface area contributed by atoms with Crippen LogP contribution in [0.5, 0.6) is 5.75 Å². The van der Waals surface area contributed by atoms with Gasteiger partial charge in [0, 0.05) is 37.3 Å². The molecule has 2 aromatic carbocycles. The van der Waals surface area contributed by atoms with Crippen molar-refractivity contribution in [3.63, 3.8) is 0 Å². The Kier molecular flexibility index (Phi) is 7.65. The largest absolute Gasteiger partial charge is 0.485 e. The molecule has 8 heteroatoms. The zero-order valence-electron chi connectivity index (χ0n) is 20.6. The minimum atomic E-state index is -0.547. The van der Waals surface area contributed by atoms with Crippen molar-refractivity contribution < 1.29 is 23.8 Å². The molecule has 190 valence electrons. The van der Waals surface area contributed by atoms with E-state index in [1.807, 2.05) is 30.3 Å². The lowest BCUT2D eigenvalue weighted by Crippen LogP contribution is -2.40. The van der Waals surface area contributed by atoms with Gasteiger partial charge < -0.3 is 24.3 Å². The van der Waals surface area contributed by atoms with Crippen molar-refractivity contribution in [2.75, 3.05) is 31.6 Å². The van der Waals surface area contributed by atoms with Gasteiger partial charge >= 0.3 is 0 Å². The first-order valence-electron chi connectivity index (χ1n) is 12.5. The normalized spacial score (nSPS) is 16.7. The number of benzene rings is 2. The van der Waals surface area contributed by atoms with Gasteiger partial charge in [0.1, 0.15) is 12.4 Å². The number of carbonyl (C=O) groups is 1. The van der Waals surface area contributed by atoms with Gasteiger partial charge in [-0.1, -0.05) is 18.2 Å². The molecule has 1 atom stereocenters. The molecule has 3 heterocycles. The summed E-state index contributed by atoms with van der Waals surface area (Å²) in [6, 6.07) is 12.0. The summed E-state index contributed by atoms with van der Waals surface area (Å²) >= 11 is 0. The van der Waals surface area contributed by atoms with Gasteiger partial charge in [0.05, 0.1) is 31.6 Å². The molecule has 0 bridgehead atoms. The molecule has 0 unspecified atom stereocenters. The first kappa shape index (κ1) is 24.5. The number of aliphatic hydroxyl groups excluding tert-OH is 1. The van der Waals surface area contributed by atoms with Crippen molar-refractivity contribution in [2.24, 2.45) is 0 Å². The molecule has 5 rings (SSSR count). The number of aliphatic hydroxyl groups is 1. The highest BCUT2D eigenvalue weighted by atomic mass is 16.5. The molecule has 3 aromatic rings. The number of carbonyl (C=O) groups excluding carboxylic acids is 1. The van der Waals surface area contributed by atoms with Gasteiger partial charge in [-0.3, -0.25) is 9.69 Å². The predicted octanol–water partition coefficient (Wildman–Crippen LogP) is 3.75. The summed E-state index contributed by atoms with van der Waals surface area (Å²) in [6.07, 6.45) is 4.19. The van der Waals surface area contributed by atoms with E-state index in [0.717, 1.165) is 36.5 Å². The standard InChI is InChI=1S/C28H33N3O5/c1-19-26-9-10-31(13-21(26)5-8-28(19)35-17-25-12-29-18-36-25)14-24(32)6-7-27(33)20-3-2-4-22(11-20)30-23-15-34-16-23/h2-5,8,11-12,18,23-24,30,32H,6-7,9-10,13-17H2,1H3/t24-/m0/s1. The monoisotopic (exact) mass is 491 g/mol. The number of ketones is 1. The van der Waals surface area contributed by atoms with Crippen molar-refractivity contribution in [3.05, 3.63) is 77.0 Å². The summed E-state index contributed by atoms with van der Waals surface area (Å²) in [5, 5.41) is 14.0. The van der Waals surface area contributed by atoms with Crippen LogP contribution < -0.4 is 10.1 Å². The first-order chi connectivity index (χ1) is 17.5. The van der Waals surface area contributed by atoms with Gasteiger partial charge in [-0.25, -0.2) is 4.98 Å². The number of anilines is 1. The second kappa shape index (κ2) is 11.2. The van der Waals surface area contributed by atoms with E-state index in [2.05, 4.69) is 28.2 Å². The fourth-order valence-corrected chi connectivity index (χ4v) is 4.82. The molecule has 8 nitrogen and oxygen atoms in total. The molecule has 0 aliphatic carbocycles.